The van der Waals surface area contributed by atoms with Crippen molar-refractivity contribution in [3.63, 3.8) is 0 Å². The fourth-order valence-corrected chi connectivity index (χ4v) is 4.74. The molecule has 4 aromatic rings. The lowest BCUT2D eigenvalue weighted by Crippen LogP contribution is -2.22. The molecule has 1 aliphatic carbocycles. The number of aryl methyl sites for hydroxylation is 2. The van der Waals surface area contributed by atoms with E-state index >= 15 is 0 Å². The molecule has 0 radical (unpaired) electrons. The Morgan fingerprint density at radius 1 is 1.10 bits per heavy atom. The van der Waals surface area contributed by atoms with Crippen LogP contribution in [0.15, 0.2) is 48.7 Å². The second-order valence-corrected chi connectivity index (χ2v) is 8.08. The maximum atomic E-state index is 12.9. The van der Waals surface area contributed by atoms with Crippen molar-refractivity contribution in [1.82, 2.24) is 14.9 Å². The summed E-state index contributed by atoms with van der Waals surface area (Å²) < 4.78 is 2.39. The molecular weight excluding hydrogens is 372 g/mol. The van der Waals surface area contributed by atoms with Gasteiger partial charge in [-0.25, -0.2) is 4.98 Å². The molecule has 0 saturated heterocycles. The minimum absolute atomic E-state index is 0.0470. The molecule has 0 spiro atoms. The highest BCUT2D eigenvalue weighted by atomic mass is 16.1. The van der Waals surface area contributed by atoms with Crippen LogP contribution in [-0.4, -0.2) is 15.5 Å². The maximum absolute atomic E-state index is 12.9. The summed E-state index contributed by atoms with van der Waals surface area (Å²) in [7, 11) is 0. The van der Waals surface area contributed by atoms with Gasteiger partial charge in [0.25, 0.3) is 5.91 Å². The number of aromatic nitrogens is 2. The predicted octanol–water partition coefficient (Wildman–Crippen LogP) is 4.60. The minimum atomic E-state index is -0.0470. The van der Waals surface area contributed by atoms with Crippen LogP contribution in [0.1, 0.15) is 46.9 Å². The van der Waals surface area contributed by atoms with Crippen LogP contribution in [0.25, 0.3) is 21.7 Å². The van der Waals surface area contributed by atoms with E-state index in [9.17, 15) is 4.79 Å². The third kappa shape index (κ3) is 3.20. The minimum Gasteiger partial charge on any atom is -0.384 e. The number of pyridine rings is 1. The molecule has 1 aliphatic rings. The molecule has 2 heterocycles. The van der Waals surface area contributed by atoms with Crippen molar-refractivity contribution >= 4 is 33.4 Å². The number of nitrogens with two attached hydrogens (primary N) is 1. The lowest BCUT2D eigenvalue weighted by Gasteiger charge is -2.14. The van der Waals surface area contributed by atoms with Gasteiger partial charge in [0.1, 0.15) is 5.82 Å². The van der Waals surface area contributed by atoms with Crippen molar-refractivity contribution in [2.45, 2.75) is 45.7 Å². The van der Waals surface area contributed by atoms with Gasteiger partial charge in [-0.3, -0.25) is 4.79 Å². The van der Waals surface area contributed by atoms with E-state index in [1.54, 1.807) is 6.20 Å². The average molecular weight is 399 g/mol. The Labute approximate surface area is 175 Å². The Morgan fingerprint density at radius 3 is 2.83 bits per heavy atom. The molecule has 0 atom stereocenters. The van der Waals surface area contributed by atoms with Gasteiger partial charge in [0.05, 0.1) is 0 Å². The number of nitrogens with one attached hydrogen (secondary N) is 1. The number of hydrogen-bond donors (Lipinski definition) is 2. The molecule has 152 valence electrons. The fraction of sp³-hybridized carbons (Fsp3) is 0.280. The highest BCUT2D eigenvalue weighted by Gasteiger charge is 2.20. The van der Waals surface area contributed by atoms with Crippen LogP contribution in [0.4, 0.5) is 5.82 Å². The Morgan fingerprint density at radius 2 is 1.97 bits per heavy atom. The quantitative estimate of drug-likeness (QED) is 0.528. The number of hydrogen-bond acceptors (Lipinski definition) is 3. The smallest absolute Gasteiger partial charge is 0.251 e. The number of nitrogens with zero attached hydrogens (tertiary/aromatic N) is 2. The van der Waals surface area contributed by atoms with E-state index in [2.05, 4.69) is 33.9 Å². The van der Waals surface area contributed by atoms with Crippen molar-refractivity contribution in [3.8, 4) is 0 Å². The molecule has 30 heavy (non-hydrogen) atoms. The van der Waals surface area contributed by atoms with Crippen LogP contribution in [-0.2, 0) is 25.9 Å². The zero-order valence-electron chi connectivity index (χ0n) is 17.2. The van der Waals surface area contributed by atoms with Crippen LogP contribution in [0.5, 0.6) is 0 Å². The van der Waals surface area contributed by atoms with Crippen LogP contribution >= 0.6 is 0 Å². The summed E-state index contributed by atoms with van der Waals surface area (Å²) in [5.41, 5.74) is 11.6. The first-order chi connectivity index (χ1) is 14.6. The van der Waals surface area contributed by atoms with Gasteiger partial charge in [0, 0.05) is 46.8 Å². The predicted molar refractivity (Wildman–Crippen MR) is 122 cm³/mol. The zero-order valence-corrected chi connectivity index (χ0v) is 17.2. The molecule has 3 N–H and O–H groups in total. The second kappa shape index (κ2) is 7.48. The highest BCUT2D eigenvalue weighted by molar-refractivity contribution is 5.99. The number of carbonyl (C=O) groups excluding carboxylic acids is 1. The van der Waals surface area contributed by atoms with Crippen LogP contribution in [0, 0.1) is 0 Å². The molecule has 0 aliphatic heterocycles. The molecule has 2 aromatic heterocycles. The first-order valence-corrected chi connectivity index (χ1v) is 10.7. The van der Waals surface area contributed by atoms with E-state index in [1.807, 2.05) is 30.3 Å². The lowest BCUT2D eigenvalue weighted by atomic mass is 9.95. The summed E-state index contributed by atoms with van der Waals surface area (Å²) >= 11 is 0. The SMILES string of the molecule is CCn1c2c(c3ccc(C(=O)NCc4ccc5cc(N)ncc5c4)cc31)CCCC2. The molecule has 1 amide bonds. The van der Waals surface area contributed by atoms with Gasteiger partial charge < -0.3 is 15.6 Å². The zero-order chi connectivity index (χ0) is 20.7. The number of benzene rings is 2. The summed E-state index contributed by atoms with van der Waals surface area (Å²) in [6, 6.07) is 14.1. The summed E-state index contributed by atoms with van der Waals surface area (Å²) in [6.45, 7) is 3.60. The van der Waals surface area contributed by atoms with Gasteiger partial charge in [-0.2, -0.15) is 0 Å². The number of amides is 1. The van der Waals surface area contributed by atoms with E-state index < -0.39 is 0 Å². The Kier molecular flexibility index (Phi) is 4.66. The molecule has 0 unspecified atom stereocenters. The monoisotopic (exact) mass is 398 g/mol. The number of rotatable bonds is 4. The highest BCUT2D eigenvalue weighted by Crippen LogP contribution is 2.32. The third-order valence-electron chi connectivity index (χ3n) is 6.22. The Hall–Kier alpha value is -3.34. The lowest BCUT2D eigenvalue weighted by molar-refractivity contribution is 0.0951. The number of anilines is 1. The van der Waals surface area contributed by atoms with Gasteiger partial charge in [0.2, 0.25) is 0 Å². The van der Waals surface area contributed by atoms with E-state index in [0.29, 0.717) is 17.9 Å². The van der Waals surface area contributed by atoms with Crippen molar-refractivity contribution in [2.75, 3.05) is 5.73 Å². The Balaban J connectivity index is 1.39. The topological polar surface area (TPSA) is 72.9 Å². The normalized spacial score (nSPS) is 13.5. The molecular formula is C25H26N4O. The van der Waals surface area contributed by atoms with Crippen LogP contribution in [0.3, 0.4) is 0 Å². The third-order valence-corrected chi connectivity index (χ3v) is 6.22. The van der Waals surface area contributed by atoms with E-state index in [1.165, 1.54) is 35.0 Å². The molecule has 2 aromatic carbocycles. The summed E-state index contributed by atoms with van der Waals surface area (Å²) in [6.07, 6.45) is 6.57. The molecule has 0 bridgehead atoms. The van der Waals surface area contributed by atoms with Crippen molar-refractivity contribution in [3.05, 3.63) is 71.0 Å². The van der Waals surface area contributed by atoms with Gasteiger partial charge in [-0.15, -0.1) is 0 Å². The molecule has 5 rings (SSSR count). The molecule has 5 nitrogen and oxygen atoms in total. The first-order valence-electron chi connectivity index (χ1n) is 10.7. The molecule has 0 saturated carbocycles. The average Bonchev–Trinajstić information content (AvgIpc) is 3.10. The summed E-state index contributed by atoms with van der Waals surface area (Å²) in [4.78, 5) is 17.0. The van der Waals surface area contributed by atoms with Gasteiger partial charge in [-0.1, -0.05) is 18.2 Å². The van der Waals surface area contributed by atoms with Crippen molar-refractivity contribution in [1.29, 1.82) is 0 Å². The van der Waals surface area contributed by atoms with Gasteiger partial charge in [0.15, 0.2) is 0 Å². The fourth-order valence-electron chi connectivity index (χ4n) is 4.74. The van der Waals surface area contributed by atoms with Crippen LogP contribution in [0.2, 0.25) is 0 Å². The summed E-state index contributed by atoms with van der Waals surface area (Å²) in [5.74, 6) is 0.465. The molecule has 0 fully saturated rings. The van der Waals surface area contributed by atoms with Gasteiger partial charge >= 0.3 is 0 Å². The van der Waals surface area contributed by atoms with Crippen molar-refractivity contribution < 1.29 is 4.79 Å². The van der Waals surface area contributed by atoms with Crippen molar-refractivity contribution in [2.24, 2.45) is 0 Å². The summed E-state index contributed by atoms with van der Waals surface area (Å²) in [5, 5.41) is 6.44. The molecule has 5 heteroatoms. The number of nitrogen functional groups attached to an aromatic ring is 1. The largest absolute Gasteiger partial charge is 0.384 e. The first kappa shape index (κ1) is 18.7. The maximum Gasteiger partial charge on any atom is 0.251 e. The number of carbonyl (C=O) groups is 1. The van der Waals surface area contributed by atoms with E-state index in [-0.39, 0.29) is 5.91 Å². The van der Waals surface area contributed by atoms with Gasteiger partial charge in [-0.05, 0) is 73.4 Å². The standard InChI is InChI=1S/C25H26N4O/c1-2-29-22-6-4-3-5-20(22)21-10-9-18(12-23(21)29)25(30)28-14-16-7-8-17-13-24(26)27-15-19(17)11-16/h7-13,15H,2-6,14H2,1H3,(H2,26,27)(H,28,30). The Bertz CT molecular complexity index is 1270. The second-order valence-electron chi connectivity index (χ2n) is 8.08. The van der Waals surface area contributed by atoms with E-state index in [4.69, 9.17) is 5.73 Å². The number of fused-ring (bicyclic) bond motifs is 4. The van der Waals surface area contributed by atoms with E-state index in [0.717, 1.165) is 35.7 Å². The van der Waals surface area contributed by atoms with Crippen LogP contribution < -0.4 is 11.1 Å².